The van der Waals surface area contributed by atoms with Crippen molar-refractivity contribution in [3.05, 3.63) is 33.2 Å². The second kappa shape index (κ2) is 8.70. The summed E-state index contributed by atoms with van der Waals surface area (Å²) in [5.74, 6) is -0.237. The van der Waals surface area contributed by atoms with Crippen molar-refractivity contribution in [1.29, 1.82) is 0 Å². The molecule has 1 saturated heterocycles. The van der Waals surface area contributed by atoms with Gasteiger partial charge in [-0.1, -0.05) is 0 Å². The van der Waals surface area contributed by atoms with Crippen molar-refractivity contribution >= 4 is 18.4 Å². The third-order valence-electron chi connectivity index (χ3n) is 3.71. The molecule has 2 rings (SSSR count). The molecule has 9 heteroatoms. The van der Waals surface area contributed by atoms with Crippen molar-refractivity contribution in [1.82, 2.24) is 20.1 Å². The van der Waals surface area contributed by atoms with E-state index in [1.165, 1.54) is 4.90 Å². The Balaban J connectivity index is 0.000000891. The number of pyridine rings is 1. The first-order valence-corrected chi connectivity index (χ1v) is 7.34. The molecule has 0 aliphatic carbocycles. The van der Waals surface area contributed by atoms with Crippen LogP contribution < -0.4 is 10.7 Å². The molecule has 2 heterocycles. The van der Waals surface area contributed by atoms with E-state index in [-0.39, 0.29) is 36.9 Å². The summed E-state index contributed by atoms with van der Waals surface area (Å²) in [6, 6.07) is -0.134. The second-order valence-corrected chi connectivity index (χ2v) is 5.41. The molecule has 0 radical (unpaired) electrons. The highest BCUT2D eigenvalue weighted by Crippen LogP contribution is 2.05. The number of carbonyl (C=O) groups is 3. The first-order valence-electron chi connectivity index (χ1n) is 7.34. The molecule has 1 aliphatic rings. The average molecular weight is 338 g/mol. The molecule has 0 saturated carbocycles. The first-order chi connectivity index (χ1) is 11.3. The summed E-state index contributed by atoms with van der Waals surface area (Å²) < 4.78 is 0. The van der Waals surface area contributed by atoms with Crippen LogP contribution in [-0.2, 0) is 16.1 Å². The summed E-state index contributed by atoms with van der Waals surface area (Å²) >= 11 is 0. The van der Waals surface area contributed by atoms with Crippen LogP contribution in [0.4, 0.5) is 4.79 Å². The number of hydrogen-bond donors (Lipinski definition) is 3. The Kier molecular flexibility index (Phi) is 6.97. The molecule has 3 amide bonds. The molecule has 0 bridgehead atoms. The van der Waals surface area contributed by atoms with Crippen LogP contribution >= 0.6 is 0 Å². The number of aromatic amines is 1. The third-order valence-corrected chi connectivity index (χ3v) is 3.71. The van der Waals surface area contributed by atoms with Gasteiger partial charge < -0.3 is 25.2 Å². The van der Waals surface area contributed by atoms with E-state index in [9.17, 15) is 14.4 Å². The molecule has 9 nitrogen and oxygen atoms in total. The molecule has 0 unspecified atom stereocenters. The van der Waals surface area contributed by atoms with Gasteiger partial charge in [-0.15, -0.1) is 0 Å². The lowest BCUT2D eigenvalue weighted by atomic mass is 10.1. The Bertz CT molecular complexity index is 670. The molecule has 1 aliphatic heterocycles. The zero-order chi connectivity index (χ0) is 18.3. The molecular formula is C15H22N4O5. The molecule has 0 spiro atoms. The number of aromatic nitrogens is 1. The van der Waals surface area contributed by atoms with Crippen LogP contribution in [0.25, 0.3) is 0 Å². The van der Waals surface area contributed by atoms with Crippen molar-refractivity contribution < 1.29 is 19.5 Å². The minimum atomic E-state index is -0.250. The SMILES string of the molecule is Cc1c[nH]c(CNC(=O)CN2CCN(C)C2=O)c(C)c1=O.O=CO. The van der Waals surface area contributed by atoms with Crippen LogP contribution in [0.2, 0.25) is 0 Å². The monoisotopic (exact) mass is 338 g/mol. The first kappa shape index (κ1) is 19.2. The minimum Gasteiger partial charge on any atom is -0.483 e. The smallest absolute Gasteiger partial charge is 0.320 e. The predicted molar refractivity (Wildman–Crippen MR) is 86.7 cm³/mol. The number of urea groups is 1. The Morgan fingerprint density at radius 3 is 2.54 bits per heavy atom. The van der Waals surface area contributed by atoms with Crippen molar-refractivity contribution in [3.8, 4) is 0 Å². The van der Waals surface area contributed by atoms with E-state index in [4.69, 9.17) is 9.90 Å². The number of aryl methyl sites for hydroxylation is 1. The summed E-state index contributed by atoms with van der Waals surface area (Å²) in [6.07, 6.45) is 1.63. The summed E-state index contributed by atoms with van der Waals surface area (Å²) in [5.41, 5.74) is 1.92. The number of rotatable bonds is 4. The van der Waals surface area contributed by atoms with Gasteiger partial charge in [-0.2, -0.15) is 0 Å². The summed E-state index contributed by atoms with van der Waals surface area (Å²) in [6.45, 7) is 4.70. The second-order valence-electron chi connectivity index (χ2n) is 5.41. The lowest BCUT2D eigenvalue weighted by molar-refractivity contribution is -0.123. The minimum absolute atomic E-state index is 0.0191. The van der Waals surface area contributed by atoms with Crippen molar-refractivity contribution in [2.24, 2.45) is 0 Å². The number of nitrogens with one attached hydrogen (secondary N) is 2. The van der Waals surface area contributed by atoms with Gasteiger partial charge in [-0.05, 0) is 13.8 Å². The number of H-pyrrole nitrogens is 1. The van der Waals surface area contributed by atoms with Crippen molar-refractivity contribution in [2.45, 2.75) is 20.4 Å². The Hall–Kier alpha value is -2.84. The lowest BCUT2D eigenvalue weighted by Crippen LogP contribution is -2.39. The van der Waals surface area contributed by atoms with Crippen molar-refractivity contribution in [2.75, 3.05) is 26.7 Å². The van der Waals surface area contributed by atoms with Gasteiger partial charge >= 0.3 is 6.03 Å². The maximum Gasteiger partial charge on any atom is 0.320 e. The highest BCUT2D eigenvalue weighted by molar-refractivity contribution is 5.84. The van der Waals surface area contributed by atoms with Crippen LogP contribution in [0.15, 0.2) is 11.0 Å². The van der Waals surface area contributed by atoms with Crippen LogP contribution in [0.5, 0.6) is 0 Å². The molecule has 132 valence electrons. The van der Waals surface area contributed by atoms with Gasteiger partial charge in [0, 0.05) is 43.2 Å². The molecule has 1 fully saturated rings. The van der Waals surface area contributed by atoms with Crippen LogP contribution in [0.3, 0.4) is 0 Å². The van der Waals surface area contributed by atoms with E-state index in [1.807, 2.05) is 0 Å². The fourth-order valence-electron chi connectivity index (χ4n) is 2.25. The maximum absolute atomic E-state index is 11.9. The van der Waals surface area contributed by atoms with Crippen LogP contribution in [0.1, 0.15) is 16.8 Å². The fourth-order valence-corrected chi connectivity index (χ4v) is 2.25. The zero-order valence-electron chi connectivity index (χ0n) is 14.0. The fraction of sp³-hybridized carbons (Fsp3) is 0.467. The molecule has 3 N–H and O–H groups in total. The summed E-state index contributed by atoms with van der Waals surface area (Å²) in [7, 11) is 1.71. The maximum atomic E-state index is 11.9. The third kappa shape index (κ3) is 4.83. The topological polar surface area (TPSA) is 123 Å². The Labute approximate surface area is 139 Å². The number of hydrogen-bond acceptors (Lipinski definition) is 4. The quantitative estimate of drug-likeness (QED) is 0.649. The highest BCUT2D eigenvalue weighted by atomic mass is 16.3. The number of nitrogens with zero attached hydrogens (tertiary/aromatic N) is 2. The molecule has 24 heavy (non-hydrogen) atoms. The number of amides is 3. The zero-order valence-corrected chi connectivity index (χ0v) is 14.0. The van der Waals surface area contributed by atoms with E-state index < -0.39 is 0 Å². The predicted octanol–water partition coefficient (Wildman–Crippen LogP) is -0.324. The molecule has 1 aromatic rings. The Morgan fingerprint density at radius 2 is 2.00 bits per heavy atom. The van der Waals surface area contributed by atoms with Gasteiger partial charge in [0.2, 0.25) is 5.91 Å². The summed E-state index contributed by atoms with van der Waals surface area (Å²) in [4.78, 5) is 49.8. The van der Waals surface area contributed by atoms with E-state index in [0.717, 1.165) is 0 Å². The van der Waals surface area contributed by atoms with E-state index in [1.54, 1.807) is 32.0 Å². The van der Waals surface area contributed by atoms with Gasteiger partial charge in [0.05, 0.1) is 6.54 Å². The number of carboxylic acid groups (broad SMARTS) is 1. The van der Waals surface area contributed by atoms with E-state index in [0.29, 0.717) is 29.9 Å². The summed E-state index contributed by atoms with van der Waals surface area (Å²) in [5, 5.41) is 9.62. The molecular weight excluding hydrogens is 316 g/mol. The Morgan fingerprint density at radius 1 is 1.38 bits per heavy atom. The van der Waals surface area contributed by atoms with Gasteiger partial charge in [0.1, 0.15) is 6.54 Å². The average Bonchev–Trinajstić information content (AvgIpc) is 2.85. The van der Waals surface area contributed by atoms with Gasteiger partial charge in [-0.25, -0.2) is 4.79 Å². The molecule has 1 aromatic heterocycles. The lowest BCUT2D eigenvalue weighted by Gasteiger charge is -2.15. The number of likely N-dealkylation sites (N-methyl/N-ethyl adjacent to an activating group) is 1. The van der Waals surface area contributed by atoms with Crippen LogP contribution in [0, 0.1) is 13.8 Å². The van der Waals surface area contributed by atoms with Gasteiger partial charge in [0.15, 0.2) is 5.43 Å². The van der Waals surface area contributed by atoms with Crippen molar-refractivity contribution in [3.63, 3.8) is 0 Å². The standard InChI is InChI=1S/C14H20N4O3.CH2O2/c1-9-6-15-11(10(2)13(9)20)7-16-12(19)8-18-5-4-17(3)14(18)21;2-1-3/h6H,4-5,7-8H2,1-3H3,(H,15,20)(H,16,19);1H,(H,2,3). The largest absolute Gasteiger partial charge is 0.483 e. The van der Waals surface area contributed by atoms with Gasteiger partial charge in [0.25, 0.3) is 6.47 Å². The van der Waals surface area contributed by atoms with Crippen LogP contribution in [-0.4, -0.2) is 65.0 Å². The molecule has 0 aromatic carbocycles. The highest BCUT2D eigenvalue weighted by Gasteiger charge is 2.26. The van der Waals surface area contributed by atoms with Gasteiger partial charge in [-0.3, -0.25) is 14.4 Å². The molecule has 0 atom stereocenters. The van der Waals surface area contributed by atoms with E-state index >= 15 is 0 Å². The normalized spacial score (nSPS) is 13.4. The van der Waals surface area contributed by atoms with E-state index in [2.05, 4.69) is 10.3 Å². The number of carbonyl (C=O) groups excluding carboxylic acids is 2.